The zero-order valence-electron chi connectivity index (χ0n) is 14.2. The summed E-state index contributed by atoms with van der Waals surface area (Å²) >= 11 is 0.768. The van der Waals surface area contributed by atoms with Gasteiger partial charge in [-0.05, 0) is 47.7 Å². The fourth-order valence-corrected chi connectivity index (χ4v) is 3.52. The molecule has 5 nitrogen and oxygen atoms in total. The number of amides is 2. The van der Waals surface area contributed by atoms with E-state index in [4.69, 9.17) is 4.74 Å². The molecule has 1 fully saturated rings. The molecule has 0 aromatic heterocycles. The van der Waals surface area contributed by atoms with Crippen molar-refractivity contribution in [2.75, 3.05) is 0 Å². The minimum absolute atomic E-state index is 0.0108. The quantitative estimate of drug-likeness (QED) is 0.639. The van der Waals surface area contributed by atoms with E-state index in [0.717, 1.165) is 17.1 Å². The van der Waals surface area contributed by atoms with Gasteiger partial charge in [-0.25, -0.2) is 4.39 Å². The molecular formula is C21H11FN2O3S. The predicted octanol–water partition coefficient (Wildman–Crippen LogP) is 4.97. The van der Waals surface area contributed by atoms with Crippen molar-refractivity contribution < 1.29 is 18.7 Å². The first-order chi connectivity index (χ1) is 13.5. The molecule has 136 valence electrons. The Labute approximate surface area is 163 Å². The molecule has 3 aromatic carbocycles. The summed E-state index contributed by atoms with van der Waals surface area (Å²) in [7, 11) is 0. The number of nitrogens with one attached hydrogen (secondary N) is 1. The summed E-state index contributed by atoms with van der Waals surface area (Å²) in [4.78, 5) is 23.0. The fourth-order valence-electron chi connectivity index (χ4n) is 2.84. The van der Waals surface area contributed by atoms with Crippen LogP contribution in [-0.2, 0) is 4.79 Å². The molecule has 0 unspecified atom stereocenters. The van der Waals surface area contributed by atoms with Gasteiger partial charge >= 0.3 is 0 Å². The maximum atomic E-state index is 14.5. The van der Waals surface area contributed by atoms with E-state index >= 15 is 0 Å². The van der Waals surface area contributed by atoms with Crippen LogP contribution in [0.25, 0.3) is 16.8 Å². The number of carbonyl (C=O) groups is 2. The second-order valence-corrected chi connectivity index (χ2v) is 6.93. The Balaban J connectivity index is 1.66. The van der Waals surface area contributed by atoms with Crippen molar-refractivity contribution in [3.05, 3.63) is 76.4 Å². The molecule has 4 rings (SSSR count). The van der Waals surface area contributed by atoms with Crippen LogP contribution in [0.5, 0.6) is 11.5 Å². The summed E-state index contributed by atoms with van der Waals surface area (Å²) in [5, 5.41) is 12.3. The van der Waals surface area contributed by atoms with Crippen LogP contribution >= 0.6 is 11.8 Å². The zero-order chi connectivity index (χ0) is 19.7. The number of thioether (sulfide) groups is 1. The first-order valence-corrected chi connectivity index (χ1v) is 9.01. The van der Waals surface area contributed by atoms with E-state index < -0.39 is 17.0 Å². The molecular weight excluding hydrogens is 379 g/mol. The summed E-state index contributed by atoms with van der Waals surface area (Å²) < 4.78 is 20.3. The van der Waals surface area contributed by atoms with Crippen molar-refractivity contribution in [1.82, 2.24) is 5.32 Å². The maximum Gasteiger partial charge on any atom is 0.290 e. The molecule has 1 aliphatic heterocycles. The van der Waals surface area contributed by atoms with E-state index in [0.29, 0.717) is 22.3 Å². The van der Waals surface area contributed by atoms with Gasteiger partial charge in [0.25, 0.3) is 11.1 Å². The number of rotatable bonds is 3. The van der Waals surface area contributed by atoms with Crippen LogP contribution in [-0.4, -0.2) is 11.1 Å². The van der Waals surface area contributed by atoms with Gasteiger partial charge < -0.3 is 4.74 Å². The summed E-state index contributed by atoms with van der Waals surface area (Å²) in [6, 6.07) is 16.9. The Morgan fingerprint density at radius 2 is 1.79 bits per heavy atom. The van der Waals surface area contributed by atoms with Crippen molar-refractivity contribution >= 4 is 39.8 Å². The molecule has 1 saturated heterocycles. The molecule has 7 heteroatoms. The summed E-state index contributed by atoms with van der Waals surface area (Å²) in [5.74, 6) is -0.676. The van der Waals surface area contributed by atoms with Crippen molar-refractivity contribution in [2.45, 2.75) is 0 Å². The summed E-state index contributed by atoms with van der Waals surface area (Å²) in [5.41, 5.74) is 0.939. The van der Waals surface area contributed by atoms with Crippen LogP contribution in [0, 0.1) is 17.1 Å². The van der Waals surface area contributed by atoms with Crippen molar-refractivity contribution in [3.8, 4) is 17.6 Å². The van der Waals surface area contributed by atoms with Crippen LogP contribution in [0.3, 0.4) is 0 Å². The van der Waals surface area contributed by atoms with Gasteiger partial charge in [-0.2, -0.15) is 5.26 Å². The fraction of sp³-hybridized carbons (Fsp3) is 0. The second kappa shape index (κ2) is 7.18. The molecule has 1 N–H and O–H groups in total. The van der Waals surface area contributed by atoms with E-state index in [-0.39, 0.29) is 10.7 Å². The molecule has 0 spiro atoms. The highest BCUT2D eigenvalue weighted by Gasteiger charge is 2.25. The standard InChI is InChI=1S/C21H11FN2O3S/c22-16-9-12(10-19-20(25)24-21(26)28-19)5-7-18(16)27-17-8-6-13(11-23)14-3-1-2-4-15(14)17/h1-10H,(H,24,25,26)/b19-10-. The number of nitriles is 1. The highest BCUT2D eigenvalue weighted by molar-refractivity contribution is 8.18. The Hall–Kier alpha value is -3.63. The third kappa shape index (κ3) is 3.33. The van der Waals surface area contributed by atoms with Crippen LogP contribution in [0.15, 0.2) is 59.5 Å². The number of benzene rings is 3. The Kier molecular flexibility index (Phi) is 4.55. The number of hydrogen-bond donors (Lipinski definition) is 1. The maximum absolute atomic E-state index is 14.5. The molecule has 1 heterocycles. The third-order valence-corrected chi connectivity index (χ3v) is 4.93. The van der Waals surface area contributed by atoms with Crippen LogP contribution < -0.4 is 10.1 Å². The van der Waals surface area contributed by atoms with E-state index in [2.05, 4.69) is 11.4 Å². The van der Waals surface area contributed by atoms with Crippen molar-refractivity contribution in [1.29, 1.82) is 5.26 Å². The van der Waals surface area contributed by atoms with Crippen LogP contribution in [0.2, 0.25) is 0 Å². The summed E-state index contributed by atoms with van der Waals surface area (Å²) in [6.45, 7) is 0. The van der Waals surface area contributed by atoms with Gasteiger partial charge in [0.1, 0.15) is 5.75 Å². The van der Waals surface area contributed by atoms with E-state index in [1.165, 1.54) is 18.2 Å². The molecule has 2 amide bonds. The lowest BCUT2D eigenvalue weighted by Crippen LogP contribution is -2.17. The molecule has 0 atom stereocenters. The normalized spacial score (nSPS) is 14.9. The highest BCUT2D eigenvalue weighted by Crippen LogP contribution is 2.34. The number of nitrogens with zero attached hydrogens (tertiary/aromatic N) is 1. The molecule has 0 saturated carbocycles. The van der Waals surface area contributed by atoms with Gasteiger partial charge in [-0.15, -0.1) is 0 Å². The summed E-state index contributed by atoms with van der Waals surface area (Å²) in [6.07, 6.45) is 1.44. The zero-order valence-corrected chi connectivity index (χ0v) is 15.0. The smallest absolute Gasteiger partial charge is 0.290 e. The molecule has 28 heavy (non-hydrogen) atoms. The largest absolute Gasteiger partial charge is 0.454 e. The third-order valence-electron chi connectivity index (χ3n) is 4.12. The van der Waals surface area contributed by atoms with Gasteiger partial charge in [0.2, 0.25) is 0 Å². The van der Waals surface area contributed by atoms with Gasteiger partial charge in [-0.1, -0.05) is 30.3 Å². The Morgan fingerprint density at radius 3 is 2.46 bits per heavy atom. The molecule has 3 aromatic rings. The molecule has 1 aliphatic rings. The average molecular weight is 390 g/mol. The van der Waals surface area contributed by atoms with E-state index in [9.17, 15) is 19.2 Å². The first-order valence-electron chi connectivity index (χ1n) is 8.19. The average Bonchev–Trinajstić information content (AvgIpc) is 3.01. The van der Waals surface area contributed by atoms with Crippen LogP contribution in [0.4, 0.5) is 9.18 Å². The Morgan fingerprint density at radius 1 is 1.04 bits per heavy atom. The molecule has 0 aliphatic carbocycles. The second-order valence-electron chi connectivity index (χ2n) is 5.91. The molecule has 0 bridgehead atoms. The number of halogens is 1. The van der Waals surface area contributed by atoms with Gasteiger partial charge in [-0.3, -0.25) is 14.9 Å². The topological polar surface area (TPSA) is 79.2 Å². The lowest BCUT2D eigenvalue weighted by molar-refractivity contribution is -0.115. The van der Waals surface area contributed by atoms with E-state index in [1.807, 2.05) is 12.1 Å². The van der Waals surface area contributed by atoms with Crippen LogP contribution in [0.1, 0.15) is 11.1 Å². The highest BCUT2D eigenvalue weighted by atomic mass is 32.2. The Bertz CT molecular complexity index is 1210. The first kappa shape index (κ1) is 17.8. The van der Waals surface area contributed by atoms with Gasteiger partial charge in [0.15, 0.2) is 11.6 Å². The number of fused-ring (bicyclic) bond motifs is 1. The number of hydrogen-bond acceptors (Lipinski definition) is 5. The van der Waals surface area contributed by atoms with Crippen molar-refractivity contribution in [2.24, 2.45) is 0 Å². The number of carbonyl (C=O) groups excluding carboxylic acids is 2. The SMILES string of the molecule is N#Cc1ccc(Oc2ccc(/C=C3\SC(=O)NC3=O)cc2F)c2ccccc12. The van der Waals surface area contributed by atoms with E-state index in [1.54, 1.807) is 30.3 Å². The van der Waals surface area contributed by atoms with Gasteiger partial charge in [0, 0.05) is 10.8 Å². The number of ether oxygens (including phenoxy) is 1. The lowest BCUT2D eigenvalue weighted by atomic mass is 10.0. The molecule has 0 radical (unpaired) electrons. The monoisotopic (exact) mass is 390 g/mol. The minimum atomic E-state index is -0.613. The van der Waals surface area contributed by atoms with Gasteiger partial charge in [0.05, 0.1) is 16.5 Å². The predicted molar refractivity (Wildman–Crippen MR) is 104 cm³/mol. The number of imide groups is 1. The minimum Gasteiger partial charge on any atom is -0.454 e. The van der Waals surface area contributed by atoms with Crippen molar-refractivity contribution in [3.63, 3.8) is 0 Å². The lowest BCUT2D eigenvalue weighted by Gasteiger charge is -2.11.